The minimum Gasteiger partial charge on any atom is -0.327 e. The van der Waals surface area contributed by atoms with Crippen LogP contribution in [-0.2, 0) is 0 Å². The zero-order valence-electron chi connectivity index (χ0n) is 8.55. The van der Waals surface area contributed by atoms with Gasteiger partial charge in [0.2, 0.25) is 0 Å². The molecule has 0 saturated heterocycles. The molecule has 0 saturated carbocycles. The molecule has 74 valence electrons. The predicted octanol–water partition coefficient (Wildman–Crippen LogP) is 1.41. The summed E-state index contributed by atoms with van der Waals surface area (Å²) >= 11 is 1.89. The Kier molecular flexibility index (Phi) is 8.07. The fraction of sp³-hybridized carbons (Fsp3) is 1.00. The summed E-state index contributed by atoms with van der Waals surface area (Å²) in [6.45, 7) is 4.37. The molecule has 0 aliphatic carbocycles. The first kappa shape index (κ1) is 12.3. The number of nitrogens with zero attached hydrogens (tertiary/aromatic N) is 1. The molecule has 0 aromatic rings. The first-order chi connectivity index (χ1) is 5.70. The van der Waals surface area contributed by atoms with Gasteiger partial charge in [0.15, 0.2) is 0 Å². The number of hydrogen-bond acceptors (Lipinski definition) is 3. The molecule has 12 heavy (non-hydrogen) atoms. The Bertz CT molecular complexity index is 98.5. The van der Waals surface area contributed by atoms with Crippen LogP contribution < -0.4 is 5.73 Å². The predicted molar refractivity (Wildman–Crippen MR) is 58.8 cm³/mol. The van der Waals surface area contributed by atoms with E-state index in [2.05, 4.69) is 25.1 Å². The fourth-order valence-electron chi connectivity index (χ4n) is 1.20. The van der Waals surface area contributed by atoms with Gasteiger partial charge in [-0.1, -0.05) is 13.3 Å². The molecule has 0 aliphatic heterocycles. The Balaban J connectivity index is 3.33. The van der Waals surface area contributed by atoms with Gasteiger partial charge in [-0.3, -0.25) is 0 Å². The largest absolute Gasteiger partial charge is 0.327 e. The molecular weight excluding hydrogens is 168 g/mol. The van der Waals surface area contributed by atoms with Gasteiger partial charge in [-0.15, -0.1) is 0 Å². The average molecular weight is 190 g/mol. The van der Waals surface area contributed by atoms with Crippen LogP contribution in [-0.4, -0.2) is 43.1 Å². The van der Waals surface area contributed by atoms with E-state index in [1.165, 1.54) is 12.2 Å². The van der Waals surface area contributed by atoms with Crippen LogP contribution in [0.5, 0.6) is 0 Å². The van der Waals surface area contributed by atoms with Gasteiger partial charge >= 0.3 is 0 Å². The van der Waals surface area contributed by atoms with E-state index < -0.39 is 0 Å². The average Bonchev–Trinajstić information content (AvgIpc) is 2.01. The van der Waals surface area contributed by atoms with Crippen molar-refractivity contribution in [1.82, 2.24) is 4.90 Å². The molecule has 0 fully saturated rings. The Morgan fingerprint density at radius 3 is 2.67 bits per heavy atom. The summed E-state index contributed by atoms with van der Waals surface area (Å²) in [4.78, 5) is 2.32. The Hall–Kier alpha value is 0.270. The number of nitrogens with two attached hydrogens (primary N) is 1. The van der Waals surface area contributed by atoms with Gasteiger partial charge < -0.3 is 10.6 Å². The summed E-state index contributed by atoms with van der Waals surface area (Å²) in [5.41, 5.74) is 5.91. The van der Waals surface area contributed by atoms with Crippen molar-refractivity contribution in [2.75, 3.05) is 32.1 Å². The lowest BCUT2D eigenvalue weighted by Gasteiger charge is -2.20. The molecule has 0 radical (unpaired) electrons. The molecule has 0 bridgehead atoms. The lowest BCUT2D eigenvalue weighted by molar-refractivity contribution is 0.321. The van der Waals surface area contributed by atoms with Crippen molar-refractivity contribution in [2.45, 2.75) is 25.8 Å². The minimum absolute atomic E-state index is 0.363. The molecular formula is C9H22N2S. The highest BCUT2D eigenvalue weighted by Crippen LogP contribution is 1.97. The van der Waals surface area contributed by atoms with Crippen molar-refractivity contribution in [3.05, 3.63) is 0 Å². The van der Waals surface area contributed by atoms with Crippen molar-refractivity contribution >= 4 is 11.8 Å². The maximum absolute atomic E-state index is 5.91. The van der Waals surface area contributed by atoms with E-state index in [4.69, 9.17) is 5.73 Å². The van der Waals surface area contributed by atoms with E-state index in [-0.39, 0.29) is 0 Å². The minimum atomic E-state index is 0.363. The first-order valence-corrected chi connectivity index (χ1v) is 6.03. The van der Waals surface area contributed by atoms with E-state index in [0.29, 0.717) is 6.04 Å². The van der Waals surface area contributed by atoms with Crippen LogP contribution in [0.25, 0.3) is 0 Å². The molecule has 0 spiro atoms. The smallest absolute Gasteiger partial charge is 0.0167 e. The molecule has 0 aromatic carbocycles. The van der Waals surface area contributed by atoms with Crippen molar-refractivity contribution in [1.29, 1.82) is 0 Å². The summed E-state index contributed by atoms with van der Waals surface area (Å²) in [6.07, 6.45) is 4.47. The molecule has 0 aromatic heterocycles. The molecule has 1 unspecified atom stereocenters. The molecule has 0 aliphatic rings. The highest BCUT2D eigenvalue weighted by Gasteiger charge is 2.04. The molecule has 1 atom stereocenters. The van der Waals surface area contributed by atoms with E-state index in [9.17, 15) is 0 Å². The summed E-state index contributed by atoms with van der Waals surface area (Å²) in [5.74, 6) is 1.20. The first-order valence-electron chi connectivity index (χ1n) is 4.63. The normalized spacial score (nSPS) is 13.8. The van der Waals surface area contributed by atoms with Crippen LogP contribution in [0, 0.1) is 0 Å². The Morgan fingerprint density at radius 2 is 2.17 bits per heavy atom. The maximum atomic E-state index is 5.91. The molecule has 3 heteroatoms. The quantitative estimate of drug-likeness (QED) is 0.658. The lowest BCUT2D eigenvalue weighted by Crippen LogP contribution is -2.36. The van der Waals surface area contributed by atoms with Crippen molar-refractivity contribution in [3.63, 3.8) is 0 Å². The van der Waals surface area contributed by atoms with Crippen molar-refractivity contribution in [2.24, 2.45) is 5.73 Å². The zero-order chi connectivity index (χ0) is 9.40. The summed E-state index contributed by atoms with van der Waals surface area (Å²) < 4.78 is 0. The van der Waals surface area contributed by atoms with Crippen LogP contribution >= 0.6 is 11.8 Å². The summed E-state index contributed by atoms with van der Waals surface area (Å²) in [5, 5.41) is 0. The number of likely N-dealkylation sites (N-methyl/N-ethyl adjacent to an activating group) is 1. The van der Waals surface area contributed by atoms with Gasteiger partial charge in [-0.05, 0) is 19.7 Å². The van der Waals surface area contributed by atoms with Gasteiger partial charge in [0.25, 0.3) is 0 Å². The zero-order valence-corrected chi connectivity index (χ0v) is 9.36. The van der Waals surface area contributed by atoms with Gasteiger partial charge in [0.1, 0.15) is 0 Å². The van der Waals surface area contributed by atoms with Crippen LogP contribution in [0.4, 0.5) is 0 Å². The SMILES string of the molecule is CCCC(N)CN(C)CCSC. The molecule has 0 rings (SSSR count). The number of hydrogen-bond donors (Lipinski definition) is 1. The second-order valence-electron chi connectivity index (χ2n) is 3.30. The molecule has 0 amide bonds. The summed E-state index contributed by atoms with van der Waals surface area (Å²) in [7, 11) is 2.14. The van der Waals surface area contributed by atoms with Crippen molar-refractivity contribution in [3.8, 4) is 0 Å². The van der Waals surface area contributed by atoms with Crippen LogP contribution in [0.3, 0.4) is 0 Å². The second-order valence-corrected chi connectivity index (χ2v) is 4.29. The molecule has 2 N–H and O–H groups in total. The summed E-state index contributed by atoms with van der Waals surface area (Å²) in [6, 6.07) is 0.363. The van der Waals surface area contributed by atoms with E-state index in [0.717, 1.165) is 19.5 Å². The third kappa shape index (κ3) is 6.95. The monoisotopic (exact) mass is 190 g/mol. The van der Waals surface area contributed by atoms with Crippen LogP contribution in [0.1, 0.15) is 19.8 Å². The van der Waals surface area contributed by atoms with Crippen molar-refractivity contribution < 1.29 is 0 Å². The number of rotatable bonds is 7. The molecule has 0 heterocycles. The van der Waals surface area contributed by atoms with E-state index in [1.54, 1.807) is 0 Å². The third-order valence-corrected chi connectivity index (χ3v) is 2.47. The lowest BCUT2D eigenvalue weighted by atomic mass is 10.2. The highest BCUT2D eigenvalue weighted by molar-refractivity contribution is 7.98. The maximum Gasteiger partial charge on any atom is 0.0167 e. The van der Waals surface area contributed by atoms with Crippen LogP contribution in [0.15, 0.2) is 0 Å². The third-order valence-electron chi connectivity index (χ3n) is 1.88. The molecule has 2 nitrogen and oxygen atoms in total. The Labute approximate surface area is 80.9 Å². The number of thioether (sulfide) groups is 1. The van der Waals surface area contributed by atoms with Gasteiger partial charge in [-0.2, -0.15) is 11.8 Å². The standard InChI is InChI=1S/C9H22N2S/c1-4-5-9(10)8-11(2)6-7-12-3/h9H,4-8,10H2,1-3H3. The highest BCUT2D eigenvalue weighted by atomic mass is 32.2. The fourth-order valence-corrected chi connectivity index (χ4v) is 1.70. The van der Waals surface area contributed by atoms with Gasteiger partial charge in [0, 0.05) is 24.9 Å². The topological polar surface area (TPSA) is 29.3 Å². The van der Waals surface area contributed by atoms with Gasteiger partial charge in [-0.25, -0.2) is 0 Å². The van der Waals surface area contributed by atoms with Crippen LogP contribution in [0.2, 0.25) is 0 Å². The Morgan fingerprint density at radius 1 is 1.50 bits per heavy atom. The van der Waals surface area contributed by atoms with Gasteiger partial charge in [0.05, 0.1) is 0 Å². The van der Waals surface area contributed by atoms with E-state index >= 15 is 0 Å². The second kappa shape index (κ2) is 7.90. The van der Waals surface area contributed by atoms with E-state index in [1.807, 2.05) is 11.8 Å².